The number of fused-ring (bicyclic) bond motifs is 1. The number of hydrogen-bond donors (Lipinski definition) is 2. The summed E-state index contributed by atoms with van der Waals surface area (Å²) in [6.07, 6.45) is 1.88. The van der Waals surface area contributed by atoms with Crippen LogP contribution in [0, 0.1) is 5.92 Å². The average Bonchev–Trinajstić information content (AvgIpc) is 3.00. The smallest absolute Gasteiger partial charge is 0.255 e. The molecular formula is C21H26N4O3S. The van der Waals surface area contributed by atoms with Crippen LogP contribution >= 0.6 is 11.8 Å². The monoisotopic (exact) mass is 414 g/mol. The molecule has 0 aliphatic carbocycles. The Bertz CT molecular complexity index is 856. The number of hydrogen-bond acceptors (Lipinski definition) is 6. The summed E-state index contributed by atoms with van der Waals surface area (Å²) >= 11 is 2.06. The summed E-state index contributed by atoms with van der Waals surface area (Å²) in [5.41, 5.74) is 2.94. The number of piperidine rings is 1. The maximum Gasteiger partial charge on any atom is 0.255 e. The number of carbonyl (C=O) groups excluding carboxylic acids is 3. The van der Waals surface area contributed by atoms with E-state index in [1.807, 2.05) is 12.1 Å². The molecule has 4 aliphatic rings. The second-order valence-electron chi connectivity index (χ2n) is 8.35. The quantitative estimate of drug-likeness (QED) is 0.714. The Morgan fingerprint density at radius 2 is 2.03 bits per heavy atom. The summed E-state index contributed by atoms with van der Waals surface area (Å²) in [5, 5.41) is 6.29. The lowest BCUT2D eigenvalue weighted by atomic mass is 9.99. The second-order valence-corrected chi connectivity index (χ2v) is 9.57. The zero-order chi connectivity index (χ0) is 20.0. The zero-order valence-electron chi connectivity index (χ0n) is 16.4. The van der Waals surface area contributed by atoms with Gasteiger partial charge in [0, 0.05) is 50.6 Å². The van der Waals surface area contributed by atoms with Gasteiger partial charge in [-0.25, -0.2) is 0 Å². The number of rotatable bonds is 4. The molecule has 0 aromatic heterocycles. The second kappa shape index (κ2) is 7.74. The number of nitrogens with zero attached hydrogens (tertiary/aromatic N) is 2. The summed E-state index contributed by atoms with van der Waals surface area (Å²) < 4.78 is 0. The molecule has 0 bridgehead atoms. The minimum atomic E-state index is -0.556. The first-order valence-electron chi connectivity index (χ1n) is 10.4. The third-order valence-corrected chi connectivity index (χ3v) is 8.06. The molecule has 8 heteroatoms. The van der Waals surface area contributed by atoms with E-state index in [9.17, 15) is 14.4 Å². The van der Waals surface area contributed by atoms with Crippen LogP contribution in [0.25, 0.3) is 0 Å². The fourth-order valence-corrected chi connectivity index (χ4v) is 6.23. The predicted octanol–water partition coefficient (Wildman–Crippen LogP) is 0.932. The first-order chi connectivity index (χ1) is 14.1. The maximum absolute atomic E-state index is 13.0. The van der Waals surface area contributed by atoms with E-state index >= 15 is 0 Å². The predicted molar refractivity (Wildman–Crippen MR) is 110 cm³/mol. The van der Waals surface area contributed by atoms with Crippen molar-refractivity contribution >= 4 is 29.5 Å². The summed E-state index contributed by atoms with van der Waals surface area (Å²) in [6, 6.07) is 5.39. The highest BCUT2D eigenvalue weighted by Gasteiger charge is 2.40. The molecular weight excluding hydrogens is 388 g/mol. The number of carbonyl (C=O) groups is 3. The number of amides is 3. The van der Waals surface area contributed by atoms with Crippen molar-refractivity contribution in [1.82, 2.24) is 20.4 Å². The van der Waals surface area contributed by atoms with Crippen molar-refractivity contribution in [1.29, 1.82) is 0 Å². The fourth-order valence-electron chi connectivity index (χ4n) is 4.84. The molecule has 3 fully saturated rings. The standard InChI is InChI=1S/C21H26N4O3S/c26-18-6-5-17(19(27)23-18)25-12-16-13(3-1-4-15(16)20(25)28)11-24-7-2-8-29-21(24)14-9-22-10-14/h1,3-4,14,17,21-22H,2,5-12H2,(H,23,26,27). The summed E-state index contributed by atoms with van der Waals surface area (Å²) in [7, 11) is 0. The molecule has 3 amide bonds. The minimum absolute atomic E-state index is 0.0934. The molecule has 2 N–H and O–H groups in total. The normalized spacial score (nSPS) is 28.3. The van der Waals surface area contributed by atoms with Gasteiger partial charge in [0.25, 0.3) is 5.91 Å². The Labute approximate surface area is 174 Å². The fraction of sp³-hybridized carbons (Fsp3) is 0.571. The van der Waals surface area contributed by atoms with Gasteiger partial charge in [0.2, 0.25) is 11.8 Å². The molecule has 0 spiro atoms. The molecule has 0 saturated carbocycles. The zero-order valence-corrected chi connectivity index (χ0v) is 17.2. The Balaban J connectivity index is 1.36. The maximum atomic E-state index is 13.0. The van der Waals surface area contributed by atoms with Crippen LogP contribution in [0.2, 0.25) is 0 Å². The van der Waals surface area contributed by atoms with E-state index in [0.717, 1.165) is 31.7 Å². The number of thioether (sulfide) groups is 1. The highest BCUT2D eigenvalue weighted by atomic mass is 32.2. The molecule has 2 atom stereocenters. The van der Waals surface area contributed by atoms with Gasteiger partial charge in [0.1, 0.15) is 6.04 Å². The van der Waals surface area contributed by atoms with Crippen molar-refractivity contribution < 1.29 is 14.4 Å². The van der Waals surface area contributed by atoms with Crippen molar-refractivity contribution in [2.45, 2.75) is 43.8 Å². The van der Waals surface area contributed by atoms with E-state index in [0.29, 0.717) is 29.8 Å². The van der Waals surface area contributed by atoms with E-state index in [4.69, 9.17) is 0 Å². The van der Waals surface area contributed by atoms with Gasteiger partial charge in [-0.15, -0.1) is 11.8 Å². The third-order valence-electron chi connectivity index (χ3n) is 6.51. The molecule has 3 saturated heterocycles. The van der Waals surface area contributed by atoms with E-state index in [-0.39, 0.29) is 24.1 Å². The van der Waals surface area contributed by atoms with Crippen LogP contribution in [0.15, 0.2) is 18.2 Å². The lowest BCUT2D eigenvalue weighted by Crippen LogP contribution is -2.54. The van der Waals surface area contributed by atoms with Gasteiger partial charge in [-0.2, -0.15) is 0 Å². The molecule has 1 aromatic rings. The SMILES string of the molecule is O=C1CCC(N2Cc3c(CN4CCCSC4C4CNC4)cccc3C2=O)C(=O)N1. The van der Waals surface area contributed by atoms with E-state index < -0.39 is 6.04 Å². The molecule has 7 nitrogen and oxygen atoms in total. The Morgan fingerprint density at radius 3 is 2.79 bits per heavy atom. The lowest BCUT2D eigenvalue weighted by molar-refractivity contribution is -0.136. The van der Waals surface area contributed by atoms with Gasteiger partial charge in [0.15, 0.2) is 0 Å². The van der Waals surface area contributed by atoms with Gasteiger partial charge >= 0.3 is 0 Å². The Morgan fingerprint density at radius 1 is 1.17 bits per heavy atom. The van der Waals surface area contributed by atoms with Crippen LogP contribution in [0.3, 0.4) is 0 Å². The lowest BCUT2D eigenvalue weighted by Gasteiger charge is -2.44. The molecule has 5 rings (SSSR count). The minimum Gasteiger partial charge on any atom is -0.322 e. The van der Waals surface area contributed by atoms with Gasteiger partial charge < -0.3 is 10.2 Å². The molecule has 2 unspecified atom stereocenters. The molecule has 29 heavy (non-hydrogen) atoms. The van der Waals surface area contributed by atoms with Crippen molar-refractivity contribution in [2.75, 3.05) is 25.4 Å². The largest absolute Gasteiger partial charge is 0.322 e. The molecule has 0 radical (unpaired) electrons. The highest BCUT2D eigenvalue weighted by Crippen LogP contribution is 2.35. The van der Waals surface area contributed by atoms with Crippen LogP contribution in [0.1, 0.15) is 40.7 Å². The van der Waals surface area contributed by atoms with Gasteiger partial charge in [-0.05, 0) is 35.8 Å². The molecule has 154 valence electrons. The Hall–Kier alpha value is -1.90. The van der Waals surface area contributed by atoms with Crippen molar-refractivity contribution in [3.05, 3.63) is 34.9 Å². The third kappa shape index (κ3) is 3.47. The summed E-state index contributed by atoms with van der Waals surface area (Å²) in [4.78, 5) is 41.0. The summed E-state index contributed by atoms with van der Waals surface area (Å²) in [6.45, 7) is 4.55. The van der Waals surface area contributed by atoms with Crippen molar-refractivity contribution in [2.24, 2.45) is 5.92 Å². The van der Waals surface area contributed by atoms with Gasteiger partial charge in [-0.3, -0.25) is 24.6 Å². The number of nitrogens with one attached hydrogen (secondary N) is 2. The molecule has 4 aliphatic heterocycles. The Kier molecular flexibility index (Phi) is 5.09. The van der Waals surface area contributed by atoms with E-state index in [2.05, 4.69) is 33.4 Å². The van der Waals surface area contributed by atoms with Crippen molar-refractivity contribution in [3.63, 3.8) is 0 Å². The van der Waals surface area contributed by atoms with Gasteiger partial charge in [-0.1, -0.05) is 12.1 Å². The average molecular weight is 415 g/mol. The number of benzene rings is 1. The van der Waals surface area contributed by atoms with Crippen LogP contribution in [0.4, 0.5) is 0 Å². The van der Waals surface area contributed by atoms with Crippen LogP contribution in [-0.4, -0.2) is 64.3 Å². The van der Waals surface area contributed by atoms with E-state index in [1.54, 1.807) is 4.90 Å². The van der Waals surface area contributed by atoms with Crippen LogP contribution in [0.5, 0.6) is 0 Å². The van der Waals surface area contributed by atoms with Crippen molar-refractivity contribution in [3.8, 4) is 0 Å². The first-order valence-corrected chi connectivity index (χ1v) is 11.5. The van der Waals surface area contributed by atoms with Crippen LogP contribution < -0.4 is 10.6 Å². The topological polar surface area (TPSA) is 81.8 Å². The number of imide groups is 1. The van der Waals surface area contributed by atoms with Crippen LogP contribution in [-0.2, 0) is 22.7 Å². The van der Waals surface area contributed by atoms with E-state index in [1.165, 1.54) is 17.7 Å². The van der Waals surface area contributed by atoms with Gasteiger partial charge in [0.05, 0.1) is 5.37 Å². The highest BCUT2D eigenvalue weighted by molar-refractivity contribution is 7.99. The molecule has 4 heterocycles. The first kappa shape index (κ1) is 19.1. The molecule has 1 aromatic carbocycles. The summed E-state index contributed by atoms with van der Waals surface area (Å²) in [5.74, 6) is 1.21.